The van der Waals surface area contributed by atoms with Gasteiger partial charge in [0, 0.05) is 25.4 Å². The van der Waals surface area contributed by atoms with Crippen molar-refractivity contribution in [2.75, 3.05) is 32.9 Å². The summed E-state index contributed by atoms with van der Waals surface area (Å²) < 4.78 is 23.4. The van der Waals surface area contributed by atoms with Gasteiger partial charge in [0.15, 0.2) is 15.8 Å². The Labute approximate surface area is 165 Å². The van der Waals surface area contributed by atoms with Gasteiger partial charge in [-0.1, -0.05) is 12.1 Å². The van der Waals surface area contributed by atoms with Gasteiger partial charge in [-0.3, -0.25) is 0 Å². The summed E-state index contributed by atoms with van der Waals surface area (Å²) in [5.74, 6) is 0.791. The van der Waals surface area contributed by atoms with Crippen LogP contribution in [0.2, 0.25) is 0 Å². The van der Waals surface area contributed by atoms with Crippen molar-refractivity contribution in [2.24, 2.45) is 4.99 Å². The summed E-state index contributed by atoms with van der Waals surface area (Å²) in [5, 5.41) is 6.62. The van der Waals surface area contributed by atoms with Crippen molar-refractivity contribution < 1.29 is 8.42 Å². The first-order chi connectivity index (χ1) is 12.6. The van der Waals surface area contributed by atoms with Gasteiger partial charge in [-0.05, 0) is 71.3 Å². The first-order valence-corrected chi connectivity index (χ1v) is 11.6. The van der Waals surface area contributed by atoms with Crippen molar-refractivity contribution in [1.29, 1.82) is 0 Å². The second-order valence-corrected chi connectivity index (χ2v) is 9.26. The van der Waals surface area contributed by atoms with Crippen LogP contribution in [0.1, 0.15) is 44.7 Å². The third-order valence-electron chi connectivity index (χ3n) is 4.51. The third-order valence-corrected chi connectivity index (χ3v) is 5.77. The lowest BCUT2D eigenvalue weighted by molar-refractivity contribution is 0.268. The molecule has 0 spiro atoms. The summed E-state index contributed by atoms with van der Waals surface area (Å²) in [5.41, 5.74) is 1.76. The number of hydrogen-bond acceptors (Lipinski definition) is 4. The molecule has 0 atom stereocenters. The van der Waals surface area contributed by atoms with E-state index in [2.05, 4.69) is 41.4 Å². The lowest BCUT2D eigenvalue weighted by Crippen LogP contribution is -2.38. The molecule has 1 aromatic rings. The number of sulfone groups is 1. The topological polar surface area (TPSA) is 73.8 Å². The van der Waals surface area contributed by atoms with Crippen LogP contribution in [0.5, 0.6) is 0 Å². The molecule has 7 heteroatoms. The van der Waals surface area contributed by atoms with Crippen LogP contribution in [-0.2, 0) is 16.4 Å². The lowest BCUT2D eigenvalue weighted by Gasteiger charge is -2.20. The normalized spacial score (nSPS) is 12.7. The SMILES string of the molecule is CCNC(=NCc1ccc(S(C)(=O)=O)c(C)c1)NCCCCN(C)C(C)C. The maximum absolute atomic E-state index is 11.7. The van der Waals surface area contributed by atoms with E-state index in [4.69, 9.17) is 0 Å². The number of guanidine groups is 1. The molecular formula is C20H36N4O2S. The monoisotopic (exact) mass is 396 g/mol. The summed E-state index contributed by atoms with van der Waals surface area (Å²) >= 11 is 0. The Balaban J connectivity index is 2.57. The van der Waals surface area contributed by atoms with Crippen LogP contribution in [-0.4, -0.2) is 58.3 Å². The largest absolute Gasteiger partial charge is 0.357 e. The first kappa shape index (κ1) is 23.4. The molecule has 0 aliphatic carbocycles. The van der Waals surface area contributed by atoms with E-state index >= 15 is 0 Å². The Bertz CT molecular complexity index is 715. The van der Waals surface area contributed by atoms with Gasteiger partial charge >= 0.3 is 0 Å². The molecule has 0 saturated carbocycles. The van der Waals surface area contributed by atoms with Crippen LogP contribution in [0, 0.1) is 6.92 Å². The molecule has 1 aromatic carbocycles. The Morgan fingerprint density at radius 2 is 1.93 bits per heavy atom. The highest BCUT2D eigenvalue weighted by molar-refractivity contribution is 7.90. The quantitative estimate of drug-likeness (QED) is 0.361. The number of unbranched alkanes of at least 4 members (excludes halogenated alkanes) is 1. The van der Waals surface area contributed by atoms with Crippen LogP contribution < -0.4 is 10.6 Å². The summed E-state index contributed by atoms with van der Waals surface area (Å²) in [7, 11) is -1.03. The molecule has 2 N–H and O–H groups in total. The summed E-state index contributed by atoms with van der Waals surface area (Å²) in [6.07, 6.45) is 3.47. The van der Waals surface area contributed by atoms with E-state index in [1.807, 2.05) is 26.0 Å². The van der Waals surface area contributed by atoms with E-state index < -0.39 is 9.84 Å². The van der Waals surface area contributed by atoms with Gasteiger partial charge in [-0.25, -0.2) is 13.4 Å². The number of rotatable bonds is 10. The average Bonchev–Trinajstić information content (AvgIpc) is 2.57. The average molecular weight is 397 g/mol. The number of benzene rings is 1. The fourth-order valence-electron chi connectivity index (χ4n) is 2.69. The van der Waals surface area contributed by atoms with Crippen LogP contribution in [0.15, 0.2) is 28.1 Å². The predicted molar refractivity (Wildman–Crippen MR) is 114 cm³/mol. The molecule has 6 nitrogen and oxygen atoms in total. The molecule has 0 aliphatic rings. The molecule has 0 heterocycles. The Morgan fingerprint density at radius 3 is 2.48 bits per heavy atom. The van der Waals surface area contributed by atoms with Crippen molar-refractivity contribution in [3.8, 4) is 0 Å². The highest BCUT2D eigenvalue weighted by Crippen LogP contribution is 2.17. The highest BCUT2D eigenvalue weighted by atomic mass is 32.2. The molecule has 0 aliphatic heterocycles. The number of aliphatic imine (C=N–C) groups is 1. The van der Waals surface area contributed by atoms with Crippen molar-refractivity contribution >= 4 is 15.8 Å². The van der Waals surface area contributed by atoms with Gasteiger partial charge in [-0.15, -0.1) is 0 Å². The first-order valence-electron chi connectivity index (χ1n) is 9.67. The highest BCUT2D eigenvalue weighted by Gasteiger charge is 2.10. The lowest BCUT2D eigenvalue weighted by atomic mass is 10.1. The zero-order chi connectivity index (χ0) is 20.4. The third kappa shape index (κ3) is 8.75. The Kier molecular flexibility index (Phi) is 9.80. The minimum absolute atomic E-state index is 0.381. The maximum atomic E-state index is 11.7. The van der Waals surface area contributed by atoms with E-state index in [1.54, 1.807) is 6.07 Å². The summed E-state index contributed by atoms with van der Waals surface area (Å²) in [6, 6.07) is 5.97. The van der Waals surface area contributed by atoms with Crippen molar-refractivity contribution in [3.05, 3.63) is 29.3 Å². The van der Waals surface area contributed by atoms with Gasteiger partial charge in [0.05, 0.1) is 11.4 Å². The molecular weight excluding hydrogens is 360 g/mol. The van der Waals surface area contributed by atoms with Crippen LogP contribution in [0.3, 0.4) is 0 Å². The molecule has 1 rings (SSSR count). The molecule has 0 radical (unpaired) electrons. The van der Waals surface area contributed by atoms with Crippen molar-refractivity contribution in [3.63, 3.8) is 0 Å². The number of aryl methyl sites for hydroxylation is 1. The van der Waals surface area contributed by atoms with E-state index in [9.17, 15) is 8.42 Å². The Hall–Kier alpha value is -1.60. The van der Waals surface area contributed by atoms with Gasteiger partial charge in [0.25, 0.3) is 0 Å². The molecule has 0 saturated heterocycles. The van der Waals surface area contributed by atoms with Gasteiger partial charge in [-0.2, -0.15) is 0 Å². The maximum Gasteiger partial charge on any atom is 0.191 e. The zero-order valence-electron chi connectivity index (χ0n) is 17.7. The molecule has 0 aromatic heterocycles. The number of nitrogens with zero attached hydrogens (tertiary/aromatic N) is 2. The molecule has 0 amide bonds. The second kappa shape index (κ2) is 11.3. The zero-order valence-corrected chi connectivity index (χ0v) is 18.5. The summed E-state index contributed by atoms with van der Waals surface area (Å²) in [4.78, 5) is 7.34. The second-order valence-electron chi connectivity index (χ2n) is 7.28. The van der Waals surface area contributed by atoms with E-state index in [0.717, 1.165) is 49.6 Å². The van der Waals surface area contributed by atoms with Gasteiger partial charge < -0.3 is 15.5 Å². The minimum atomic E-state index is -3.18. The molecule has 27 heavy (non-hydrogen) atoms. The summed E-state index contributed by atoms with van der Waals surface area (Å²) in [6.45, 7) is 11.6. The van der Waals surface area contributed by atoms with Gasteiger partial charge in [0.2, 0.25) is 0 Å². The van der Waals surface area contributed by atoms with Crippen LogP contribution >= 0.6 is 0 Å². The fraction of sp³-hybridized carbons (Fsp3) is 0.650. The number of hydrogen-bond donors (Lipinski definition) is 2. The van der Waals surface area contributed by atoms with Crippen LogP contribution in [0.25, 0.3) is 0 Å². The predicted octanol–water partition coefficient (Wildman–Crippen LogP) is 2.57. The Morgan fingerprint density at radius 1 is 1.22 bits per heavy atom. The minimum Gasteiger partial charge on any atom is -0.357 e. The van der Waals surface area contributed by atoms with Gasteiger partial charge in [0.1, 0.15) is 0 Å². The van der Waals surface area contributed by atoms with Crippen LogP contribution in [0.4, 0.5) is 0 Å². The van der Waals surface area contributed by atoms with Crippen molar-refractivity contribution in [2.45, 2.75) is 58.0 Å². The molecule has 0 fully saturated rings. The standard InChI is InChI=1S/C20H36N4O2S/c1-7-21-20(22-12-8-9-13-24(5)16(2)3)23-15-18-10-11-19(17(4)14-18)27(6,25)26/h10-11,14,16H,7-9,12-13,15H2,1-6H3,(H2,21,22,23). The molecule has 154 valence electrons. The van der Waals surface area contributed by atoms with E-state index in [0.29, 0.717) is 17.5 Å². The fourth-order valence-corrected chi connectivity index (χ4v) is 3.65. The molecule has 0 bridgehead atoms. The smallest absolute Gasteiger partial charge is 0.191 e. The van der Waals surface area contributed by atoms with E-state index in [1.165, 1.54) is 6.26 Å². The van der Waals surface area contributed by atoms with Crippen molar-refractivity contribution in [1.82, 2.24) is 15.5 Å². The number of nitrogens with one attached hydrogen (secondary N) is 2. The van der Waals surface area contributed by atoms with E-state index in [-0.39, 0.29) is 0 Å². The molecule has 0 unspecified atom stereocenters.